The first kappa shape index (κ1) is 17.4. The van der Waals surface area contributed by atoms with Crippen molar-refractivity contribution in [2.75, 3.05) is 40.8 Å². The summed E-state index contributed by atoms with van der Waals surface area (Å²) in [6.07, 6.45) is 2.62. The molecule has 0 radical (unpaired) electrons. The lowest BCUT2D eigenvalue weighted by Gasteiger charge is -2.23. The summed E-state index contributed by atoms with van der Waals surface area (Å²) in [7, 11) is 5.93. The van der Waals surface area contributed by atoms with E-state index >= 15 is 0 Å². The monoisotopic (exact) mass is 257 g/mol. The van der Waals surface area contributed by atoms with Gasteiger partial charge >= 0.3 is 0 Å². The standard InChI is InChI=1S/C14H31N3O/c1-12(2)13(8-9-15)6-7-14(18)17(5)11-10-16(3)4/h12-13H,6-11,15H2,1-5H3. The van der Waals surface area contributed by atoms with Crippen LogP contribution in [0.25, 0.3) is 0 Å². The van der Waals surface area contributed by atoms with Crippen molar-refractivity contribution in [3.05, 3.63) is 0 Å². The average molecular weight is 257 g/mol. The van der Waals surface area contributed by atoms with Gasteiger partial charge in [-0.25, -0.2) is 0 Å². The zero-order chi connectivity index (χ0) is 14.1. The summed E-state index contributed by atoms with van der Waals surface area (Å²) in [5.74, 6) is 1.43. The van der Waals surface area contributed by atoms with Gasteiger partial charge in [0.15, 0.2) is 0 Å². The number of nitrogens with two attached hydrogens (primary N) is 1. The van der Waals surface area contributed by atoms with Gasteiger partial charge in [0.1, 0.15) is 0 Å². The lowest BCUT2D eigenvalue weighted by molar-refractivity contribution is -0.130. The molecule has 0 aromatic heterocycles. The second-order valence-corrected chi connectivity index (χ2v) is 5.74. The van der Waals surface area contributed by atoms with E-state index in [4.69, 9.17) is 5.73 Å². The molecule has 1 unspecified atom stereocenters. The molecule has 0 aliphatic carbocycles. The lowest BCUT2D eigenvalue weighted by atomic mass is 9.88. The van der Waals surface area contributed by atoms with Crippen LogP contribution in [0.15, 0.2) is 0 Å². The smallest absolute Gasteiger partial charge is 0.222 e. The fraction of sp³-hybridized carbons (Fsp3) is 0.929. The summed E-state index contributed by atoms with van der Waals surface area (Å²) in [6, 6.07) is 0. The molecular formula is C14H31N3O. The van der Waals surface area contributed by atoms with Crippen molar-refractivity contribution >= 4 is 5.91 Å². The van der Waals surface area contributed by atoms with Crippen molar-refractivity contribution in [1.82, 2.24) is 9.80 Å². The summed E-state index contributed by atoms with van der Waals surface area (Å²) in [5, 5.41) is 0. The highest BCUT2D eigenvalue weighted by Crippen LogP contribution is 2.20. The highest BCUT2D eigenvalue weighted by molar-refractivity contribution is 5.75. The van der Waals surface area contributed by atoms with Crippen molar-refractivity contribution in [2.24, 2.45) is 17.6 Å². The Kier molecular flexibility index (Phi) is 9.02. The van der Waals surface area contributed by atoms with Crippen molar-refractivity contribution in [1.29, 1.82) is 0 Å². The van der Waals surface area contributed by atoms with Crippen LogP contribution in [0.2, 0.25) is 0 Å². The molecular weight excluding hydrogens is 226 g/mol. The van der Waals surface area contributed by atoms with Crippen LogP contribution in [0.3, 0.4) is 0 Å². The minimum Gasteiger partial charge on any atom is -0.344 e. The van der Waals surface area contributed by atoms with E-state index in [9.17, 15) is 4.79 Å². The van der Waals surface area contributed by atoms with Crippen molar-refractivity contribution < 1.29 is 4.79 Å². The molecule has 1 atom stereocenters. The summed E-state index contributed by atoms with van der Waals surface area (Å²) in [5.41, 5.74) is 5.61. The molecule has 0 rings (SSSR count). The first-order chi connectivity index (χ1) is 8.38. The van der Waals surface area contributed by atoms with Gasteiger partial charge in [-0.3, -0.25) is 4.79 Å². The Morgan fingerprint density at radius 3 is 2.17 bits per heavy atom. The van der Waals surface area contributed by atoms with Gasteiger partial charge < -0.3 is 15.5 Å². The Hall–Kier alpha value is -0.610. The van der Waals surface area contributed by atoms with Gasteiger partial charge in [-0.1, -0.05) is 13.8 Å². The predicted molar refractivity (Wildman–Crippen MR) is 77.4 cm³/mol. The number of likely N-dealkylation sites (N-methyl/N-ethyl adjacent to an activating group) is 2. The van der Waals surface area contributed by atoms with Gasteiger partial charge in [0, 0.05) is 26.6 Å². The van der Waals surface area contributed by atoms with E-state index in [0.29, 0.717) is 24.8 Å². The molecule has 0 spiro atoms. The van der Waals surface area contributed by atoms with Crippen molar-refractivity contribution in [2.45, 2.75) is 33.1 Å². The Labute approximate surface area is 113 Å². The maximum absolute atomic E-state index is 12.0. The molecule has 1 amide bonds. The number of carbonyl (C=O) groups excluding carboxylic acids is 1. The average Bonchev–Trinajstić information content (AvgIpc) is 2.30. The Morgan fingerprint density at radius 1 is 1.11 bits per heavy atom. The molecule has 4 nitrogen and oxygen atoms in total. The molecule has 0 aliphatic heterocycles. The Morgan fingerprint density at radius 2 is 1.72 bits per heavy atom. The second-order valence-electron chi connectivity index (χ2n) is 5.74. The summed E-state index contributed by atoms with van der Waals surface area (Å²) in [4.78, 5) is 15.9. The largest absolute Gasteiger partial charge is 0.344 e. The molecule has 0 aromatic rings. The molecule has 108 valence electrons. The number of carbonyl (C=O) groups is 1. The summed E-state index contributed by atoms with van der Waals surface area (Å²) >= 11 is 0. The van der Waals surface area contributed by atoms with Crippen LogP contribution >= 0.6 is 0 Å². The quantitative estimate of drug-likeness (QED) is 0.679. The number of nitrogens with zero attached hydrogens (tertiary/aromatic N) is 2. The zero-order valence-electron chi connectivity index (χ0n) is 12.8. The van der Waals surface area contributed by atoms with E-state index < -0.39 is 0 Å². The van der Waals surface area contributed by atoms with Crippen LogP contribution < -0.4 is 5.73 Å². The van der Waals surface area contributed by atoms with Crippen LogP contribution in [0.1, 0.15) is 33.1 Å². The maximum Gasteiger partial charge on any atom is 0.222 e. The van der Waals surface area contributed by atoms with Crippen LogP contribution in [0, 0.1) is 11.8 Å². The van der Waals surface area contributed by atoms with E-state index in [1.807, 2.05) is 26.0 Å². The molecule has 0 heterocycles. The van der Waals surface area contributed by atoms with Crippen molar-refractivity contribution in [3.63, 3.8) is 0 Å². The number of rotatable bonds is 9. The molecule has 0 saturated carbocycles. The first-order valence-electron chi connectivity index (χ1n) is 6.97. The molecule has 0 aliphatic rings. The normalized spacial score (nSPS) is 13.1. The third kappa shape index (κ3) is 7.67. The summed E-state index contributed by atoms with van der Waals surface area (Å²) < 4.78 is 0. The molecule has 18 heavy (non-hydrogen) atoms. The molecule has 0 aromatic carbocycles. The van der Waals surface area contributed by atoms with Gasteiger partial charge in [-0.15, -0.1) is 0 Å². The van der Waals surface area contributed by atoms with Gasteiger partial charge in [-0.05, 0) is 45.3 Å². The van der Waals surface area contributed by atoms with Gasteiger partial charge in [-0.2, -0.15) is 0 Å². The highest BCUT2D eigenvalue weighted by atomic mass is 16.2. The van der Waals surface area contributed by atoms with Gasteiger partial charge in [0.2, 0.25) is 5.91 Å². The minimum absolute atomic E-state index is 0.250. The molecule has 0 saturated heterocycles. The van der Waals surface area contributed by atoms with Gasteiger partial charge in [0.05, 0.1) is 0 Å². The fourth-order valence-electron chi connectivity index (χ4n) is 2.00. The Balaban J connectivity index is 3.98. The van der Waals surface area contributed by atoms with E-state index in [0.717, 1.165) is 25.9 Å². The van der Waals surface area contributed by atoms with Crippen molar-refractivity contribution in [3.8, 4) is 0 Å². The van der Waals surface area contributed by atoms with Crippen LogP contribution in [0.5, 0.6) is 0 Å². The van der Waals surface area contributed by atoms with Crippen LogP contribution in [-0.2, 0) is 4.79 Å². The highest BCUT2D eigenvalue weighted by Gasteiger charge is 2.16. The fourth-order valence-corrected chi connectivity index (χ4v) is 2.00. The zero-order valence-corrected chi connectivity index (χ0v) is 12.8. The topological polar surface area (TPSA) is 49.6 Å². The van der Waals surface area contributed by atoms with Crippen LogP contribution in [-0.4, -0.2) is 56.5 Å². The number of hydrogen-bond donors (Lipinski definition) is 1. The van der Waals surface area contributed by atoms with E-state index in [1.54, 1.807) is 0 Å². The third-order valence-electron chi connectivity index (χ3n) is 3.52. The number of hydrogen-bond acceptors (Lipinski definition) is 3. The second kappa shape index (κ2) is 9.34. The van der Waals surface area contributed by atoms with E-state index in [-0.39, 0.29) is 5.91 Å². The number of amides is 1. The van der Waals surface area contributed by atoms with Crippen LogP contribution in [0.4, 0.5) is 0 Å². The molecule has 0 bridgehead atoms. The maximum atomic E-state index is 12.0. The van der Waals surface area contributed by atoms with E-state index in [1.165, 1.54) is 0 Å². The SMILES string of the molecule is CC(C)C(CCN)CCC(=O)N(C)CCN(C)C. The third-order valence-corrected chi connectivity index (χ3v) is 3.52. The molecule has 0 fully saturated rings. The predicted octanol–water partition coefficient (Wildman–Crippen LogP) is 1.41. The van der Waals surface area contributed by atoms with E-state index in [2.05, 4.69) is 18.7 Å². The minimum atomic E-state index is 0.250. The Bertz CT molecular complexity index is 229. The lowest BCUT2D eigenvalue weighted by Crippen LogP contribution is -2.33. The summed E-state index contributed by atoms with van der Waals surface area (Å²) in [6.45, 7) is 6.85. The molecule has 2 N–H and O–H groups in total. The molecule has 4 heteroatoms. The van der Waals surface area contributed by atoms with Gasteiger partial charge in [0.25, 0.3) is 0 Å². The first-order valence-corrected chi connectivity index (χ1v) is 6.97.